The molecule has 17 heavy (non-hydrogen) atoms. The number of hydrogen-bond acceptors (Lipinski definition) is 5. The SMILES string of the molecule is COc1ccccc1Nc1cc(N)nc(C)n1. The number of anilines is 3. The highest BCUT2D eigenvalue weighted by atomic mass is 16.5. The van der Waals surface area contributed by atoms with E-state index in [1.165, 1.54) is 0 Å². The van der Waals surface area contributed by atoms with Gasteiger partial charge in [0, 0.05) is 6.07 Å². The number of ether oxygens (including phenoxy) is 1. The summed E-state index contributed by atoms with van der Waals surface area (Å²) in [5, 5.41) is 3.15. The summed E-state index contributed by atoms with van der Waals surface area (Å²) in [6.45, 7) is 1.80. The fourth-order valence-corrected chi connectivity index (χ4v) is 1.54. The number of nitrogens with zero attached hydrogens (tertiary/aromatic N) is 2. The van der Waals surface area contributed by atoms with E-state index in [4.69, 9.17) is 10.5 Å². The van der Waals surface area contributed by atoms with E-state index < -0.39 is 0 Å². The average molecular weight is 230 g/mol. The van der Waals surface area contributed by atoms with Crippen LogP contribution in [0.5, 0.6) is 5.75 Å². The molecule has 5 heteroatoms. The number of benzene rings is 1. The first-order chi connectivity index (χ1) is 8.19. The molecular formula is C12H14N4O. The van der Waals surface area contributed by atoms with E-state index in [1.54, 1.807) is 20.1 Å². The van der Waals surface area contributed by atoms with Gasteiger partial charge in [0.25, 0.3) is 0 Å². The molecule has 0 spiro atoms. The molecule has 0 aliphatic heterocycles. The van der Waals surface area contributed by atoms with Crippen LogP contribution >= 0.6 is 0 Å². The number of rotatable bonds is 3. The predicted molar refractivity (Wildman–Crippen MR) is 67.5 cm³/mol. The first-order valence-corrected chi connectivity index (χ1v) is 5.20. The third-order valence-electron chi connectivity index (χ3n) is 2.23. The zero-order valence-electron chi connectivity index (χ0n) is 9.77. The minimum atomic E-state index is 0.440. The minimum Gasteiger partial charge on any atom is -0.495 e. The van der Waals surface area contributed by atoms with Crippen molar-refractivity contribution < 1.29 is 4.74 Å². The van der Waals surface area contributed by atoms with Gasteiger partial charge < -0.3 is 15.8 Å². The van der Waals surface area contributed by atoms with Gasteiger partial charge in [-0.05, 0) is 19.1 Å². The molecule has 1 heterocycles. The first kappa shape index (κ1) is 11.2. The predicted octanol–water partition coefficient (Wildman–Crippen LogP) is 2.12. The highest BCUT2D eigenvalue weighted by Crippen LogP contribution is 2.26. The van der Waals surface area contributed by atoms with Crippen LogP contribution < -0.4 is 15.8 Å². The van der Waals surface area contributed by atoms with Crippen molar-refractivity contribution in [3.05, 3.63) is 36.2 Å². The van der Waals surface area contributed by atoms with Crippen molar-refractivity contribution in [1.82, 2.24) is 9.97 Å². The Bertz CT molecular complexity index is 507. The molecule has 0 saturated carbocycles. The zero-order chi connectivity index (χ0) is 12.3. The van der Waals surface area contributed by atoms with E-state index in [0.29, 0.717) is 17.5 Å². The summed E-state index contributed by atoms with van der Waals surface area (Å²) in [4.78, 5) is 8.26. The largest absolute Gasteiger partial charge is 0.495 e. The Balaban J connectivity index is 2.31. The molecule has 2 aromatic rings. The Kier molecular flexibility index (Phi) is 3.09. The highest BCUT2D eigenvalue weighted by Gasteiger charge is 2.04. The van der Waals surface area contributed by atoms with Crippen LogP contribution in [0.4, 0.5) is 17.3 Å². The number of nitrogen functional groups attached to an aromatic ring is 1. The monoisotopic (exact) mass is 230 g/mol. The lowest BCUT2D eigenvalue weighted by Gasteiger charge is -2.10. The van der Waals surface area contributed by atoms with Gasteiger partial charge in [0.05, 0.1) is 12.8 Å². The van der Waals surface area contributed by atoms with Crippen LogP contribution in [-0.4, -0.2) is 17.1 Å². The molecule has 0 radical (unpaired) electrons. The maximum Gasteiger partial charge on any atom is 0.142 e. The van der Waals surface area contributed by atoms with Crippen LogP contribution in [0.3, 0.4) is 0 Å². The number of nitrogens with one attached hydrogen (secondary N) is 1. The van der Waals surface area contributed by atoms with Crippen LogP contribution in [0.1, 0.15) is 5.82 Å². The molecule has 0 unspecified atom stereocenters. The molecule has 0 atom stereocenters. The summed E-state index contributed by atoms with van der Waals surface area (Å²) < 4.78 is 5.24. The first-order valence-electron chi connectivity index (χ1n) is 5.20. The molecular weight excluding hydrogens is 216 g/mol. The molecule has 1 aromatic heterocycles. The molecule has 0 fully saturated rings. The number of nitrogens with two attached hydrogens (primary N) is 1. The Labute approximate surface area is 99.7 Å². The number of para-hydroxylation sites is 2. The topological polar surface area (TPSA) is 73.1 Å². The van der Waals surface area contributed by atoms with Gasteiger partial charge in [0.2, 0.25) is 0 Å². The zero-order valence-corrected chi connectivity index (χ0v) is 9.77. The van der Waals surface area contributed by atoms with Gasteiger partial charge in [-0.25, -0.2) is 9.97 Å². The Hall–Kier alpha value is -2.30. The van der Waals surface area contributed by atoms with Crippen molar-refractivity contribution in [2.75, 3.05) is 18.2 Å². The van der Waals surface area contributed by atoms with Gasteiger partial charge in [-0.3, -0.25) is 0 Å². The molecule has 0 bridgehead atoms. The number of hydrogen-bond donors (Lipinski definition) is 2. The third-order valence-corrected chi connectivity index (χ3v) is 2.23. The quantitative estimate of drug-likeness (QED) is 0.844. The number of aromatic nitrogens is 2. The molecule has 0 aliphatic rings. The smallest absolute Gasteiger partial charge is 0.142 e. The lowest BCUT2D eigenvalue weighted by Crippen LogP contribution is -2.01. The average Bonchev–Trinajstić information content (AvgIpc) is 2.28. The molecule has 5 nitrogen and oxygen atoms in total. The fourth-order valence-electron chi connectivity index (χ4n) is 1.54. The van der Waals surface area contributed by atoms with Crippen molar-refractivity contribution in [2.45, 2.75) is 6.92 Å². The van der Waals surface area contributed by atoms with Crippen molar-refractivity contribution in [3.8, 4) is 5.75 Å². The number of aryl methyl sites for hydroxylation is 1. The Morgan fingerprint density at radius 1 is 1.24 bits per heavy atom. The van der Waals surface area contributed by atoms with Gasteiger partial charge in [0.15, 0.2) is 0 Å². The minimum absolute atomic E-state index is 0.440. The van der Waals surface area contributed by atoms with Crippen molar-refractivity contribution in [3.63, 3.8) is 0 Å². The molecule has 0 amide bonds. The van der Waals surface area contributed by atoms with Gasteiger partial charge in [-0.2, -0.15) is 0 Å². The second kappa shape index (κ2) is 4.69. The summed E-state index contributed by atoms with van der Waals surface area (Å²) >= 11 is 0. The summed E-state index contributed by atoms with van der Waals surface area (Å²) in [5.41, 5.74) is 6.50. The van der Waals surface area contributed by atoms with Gasteiger partial charge >= 0.3 is 0 Å². The van der Waals surface area contributed by atoms with Gasteiger partial charge in [-0.1, -0.05) is 12.1 Å². The summed E-state index contributed by atoms with van der Waals surface area (Å²) in [7, 11) is 1.63. The lowest BCUT2D eigenvalue weighted by atomic mass is 10.3. The Morgan fingerprint density at radius 2 is 2.00 bits per heavy atom. The van der Waals surface area contributed by atoms with Crippen LogP contribution in [0, 0.1) is 6.92 Å². The van der Waals surface area contributed by atoms with Crippen LogP contribution in [0.2, 0.25) is 0 Å². The second-order valence-corrected chi connectivity index (χ2v) is 3.55. The lowest BCUT2D eigenvalue weighted by molar-refractivity contribution is 0.417. The van der Waals surface area contributed by atoms with E-state index >= 15 is 0 Å². The van der Waals surface area contributed by atoms with Crippen LogP contribution in [0.25, 0.3) is 0 Å². The van der Waals surface area contributed by atoms with E-state index in [1.807, 2.05) is 24.3 Å². The van der Waals surface area contributed by atoms with Crippen LogP contribution in [-0.2, 0) is 0 Å². The summed E-state index contributed by atoms with van der Waals surface area (Å²) in [6, 6.07) is 9.29. The third kappa shape index (κ3) is 2.63. The molecule has 2 rings (SSSR count). The molecule has 0 saturated heterocycles. The maximum absolute atomic E-state index is 5.66. The van der Waals surface area contributed by atoms with Gasteiger partial charge in [-0.15, -0.1) is 0 Å². The van der Waals surface area contributed by atoms with Crippen molar-refractivity contribution in [1.29, 1.82) is 0 Å². The summed E-state index contributed by atoms with van der Waals surface area (Å²) in [6.07, 6.45) is 0. The van der Waals surface area contributed by atoms with E-state index in [0.717, 1.165) is 11.4 Å². The van der Waals surface area contributed by atoms with Crippen LogP contribution in [0.15, 0.2) is 30.3 Å². The number of methoxy groups -OCH3 is 1. The second-order valence-electron chi connectivity index (χ2n) is 3.55. The summed E-state index contributed by atoms with van der Waals surface area (Å²) in [5.74, 6) is 2.47. The molecule has 0 aliphatic carbocycles. The molecule has 1 aromatic carbocycles. The van der Waals surface area contributed by atoms with Crippen molar-refractivity contribution in [2.24, 2.45) is 0 Å². The maximum atomic E-state index is 5.66. The molecule has 3 N–H and O–H groups in total. The van der Waals surface area contributed by atoms with Crippen molar-refractivity contribution >= 4 is 17.3 Å². The Morgan fingerprint density at radius 3 is 2.71 bits per heavy atom. The fraction of sp³-hybridized carbons (Fsp3) is 0.167. The highest BCUT2D eigenvalue weighted by molar-refractivity contribution is 5.65. The molecule has 88 valence electrons. The van der Waals surface area contributed by atoms with E-state index in [2.05, 4.69) is 15.3 Å². The normalized spacial score (nSPS) is 10.0. The standard InChI is InChI=1S/C12H14N4O/c1-8-14-11(13)7-12(15-8)16-9-5-3-4-6-10(9)17-2/h3-7H,1-2H3,(H3,13,14,15,16). The van der Waals surface area contributed by atoms with Gasteiger partial charge in [0.1, 0.15) is 23.2 Å². The van der Waals surface area contributed by atoms with E-state index in [9.17, 15) is 0 Å². The van der Waals surface area contributed by atoms with E-state index in [-0.39, 0.29) is 0 Å².